The number of primary amides is 1. The van der Waals surface area contributed by atoms with Crippen LogP contribution in [0, 0.1) is 0 Å². The average Bonchev–Trinajstić information content (AvgIpc) is 3.04. The maximum Gasteiger partial charge on any atom is 0.417 e. The first-order valence-corrected chi connectivity index (χ1v) is 6.99. The number of aromatic nitrogens is 2. The number of halogens is 3. The number of aromatic amines is 1. The van der Waals surface area contributed by atoms with Gasteiger partial charge in [0.25, 0.3) is 5.91 Å². The van der Waals surface area contributed by atoms with Crippen LogP contribution in [0.4, 0.5) is 13.2 Å². The Labute approximate surface area is 135 Å². The molecule has 0 spiro atoms. The summed E-state index contributed by atoms with van der Waals surface area (Å²) in [7, 11) is 0. The van der Waals surface area contributed by atoms with Crippen LogP contribution in [-0.2, 0) is 6.18 Å². The third-order valence-electron chi connectivity index (χ3n) is 3.55. The van der Waals surface area contributed by atoms with E-state index in [4.69, 9.17) is 5.73 Å². The number of benzene rings is 2. The predicted molar refractivity (Wildman–Crippen MR) is 83.0 cm³/mol. The second-order valence-electron chi connectivity index (χ2n) is 5.12. The van der Waals surface area contributed by atoms with Crippen LogP contribution in [0.1, 0.15) is 16.1 Å². The summed E-state index contributed by atoms with van der Waals surface area (Å²) in [5.74, 6) is -0.790. The normalized spacial score (nSPS) is 11.5. The van der Waals surface area contributed by atoms with Crippen molar-refractivity contribution in [3.63, 3.8) is 0 Å². The van der Waals surface area contributed by atoms with Gasteiger partial charge in [-0.1, -0.05) is 48.5 Å². The molecule has 2 aromatic carbocycles. The van der Waals surface area contributed by atoms with E-state index in [1.807, 2.05) is 0 Å². The molecule has 0 aliphatic heterocycles. The summed E-state index contributed by atoms with van der Waals surface area (Å²) in [6.07, 6.45) is -4.59. The van der Waals surface area contributed by atoms with Gasteiger partial charge in [-0.05, 0) is 17.2 Å². The molecular formula is C17H12F3N3O. The molecule has 1 amide bonds. The minimum Gasteiger partial charge on any atom is -0.364 e. The number of hydrogen-bond acceptors (Lipinski definition) is 2. The second kappa shape index (κ2) is 5.84. The highest BCUT2D eigenvalue weighted by molar-refractivity contribution is 5.92. The first-order chi connectivity index (χ1) is 11.4. The van der Waals surface area contributed by atoms with Gasteiger partial charge in [0.2, 0.25) is 0 Å². The standard InChI is InChI=1S/C17H12F3N3O/c18-17(19,20)15-11(10-5-2-1-3-6-10)7-4-8-12(15)13-9-14(16(21)24)23-22-13/h1-9H,(H2,21,24)(H,22,23). The van der Waals surface area contributed by atoms with Gasteiger partial charge in [0.15, 0.2) is 0 Å². The van der Waals surface area contributed by atoms with Gasteiger partial charge in [-0.3, -0.25) is 9.89 Å². The Morgan fingerprint density at radius 3 is 2.25 bits per heavy atom. The van der Waals surface area contributed by atoms with Gasteiger partial charge >= 0.3 is 6.18 Å². The van der Waals surface area contributed by atoms with Crippen molar-refractivity contribution in [3.8, 4) is 22.4 Å². The zero-order chi connectivity index (χ0) is 17.3. The van der Waals surface area contributed by atoms with Crippen LogP contribution in [0.15, 0.2) is 54.6 Å². The Kier molecular flexibility index (Phi) is 3.84. The fourth-order valence-corrected chi connectivity index (χ4v) is 2.52. The molecule has 3 rings (SSSR count). The Hall–Kier alpha value is -3.09. The van der Waals surface area contributed by atoms with E-state index in [1.54, 1.807) is 30.3 Å². The summed E-state index contributed by atoms with van der Waals surface area (Å²) in [6.45, 7) is 0. The number of alkyl halides is 3. The van der Waals surface area contributed by atoms with Crippen molar-refractivity contribution in [2.24, 2.45) is 5.73 Å². The highest BCUT2D eigenvalue weighted by Crippen LogP contribution is 2.42. The van der Waals surface area contributed by atoms with Crippen LogP contribution in [0.5, 0.6) is 0 Å². The smallest absolute Gasteiger partial charge is 0.364 e. The molecule has 122 valence electrons. The maximum atomic E-state index is 13.7. The van der Waals surface area contributed by atoms with Gasteiger partial charge in [0, 0.05) is 5.56 Å². The van der Waals surface area contributed by atoms with Crippen LogP contribution in [0.3, 0.4) is 0 Å². The predicted octanol–water partition coefficient (Wildman–Crippen LogP) is 3.86. The number of carbonyl (C=O) groups excluding carboxylic acids is 1. The molecule has 7 heteroatoms. The Morgan fingerprint density at radius 1 is 1.00 bits per heavy atom. The van der Waals surface area contributed by atoms with Crippen molar-refractivity contribution in [2.45, 2.75) is 6.18 Å². The van der Waals surface area contributed by atoms with E-state index in [9.17, 15) is 18.0 Å². The molecular weight excluding hydrogens is 319 g/mol. The van der Waals surface area contributed by atoms with E-state index in [1.165, 1.54) is 24.3 Å². The molecule has 0 aliphatic carbocycles. The monoisotopic (exact) mass is 331 g/mol. The molecule has 3 N–H and O–H groups in total. The number of nitrogens with two attached hydrogens (primary N) is 1. The summed E-state index contributed by atoms with van der Waals surface area (Å²) >= 11 is 0. The van der Waals surface area contributed by atoms with Gasteiger partial charge in [-0.2, -0.15) is 18.3 Å². The summed E-state index contributed by atoms with van der Waals surface area (Å²) < 4.78 is 41.1. The SMILES string of the molecule is NC(=O)c1cc(-c2cccc(-c3ccccc3)c2C(F)(F)F)n[nH]1. The van der Waals surface area contributed by atoms with Crippen LogP contribution >= 0.6 is 0 Å². The molecule has 0 radical (unpaired) electrons. The highest BCUT2D eigenvalue weighted by atomic mass is 19.4. The van der Waals surface area contributed by atoms with Crippen molar-refractivity contribution in [3.05, 3.63) is 65.9 Å². The lowest BCUT2D eigenvalue weighted by atomic mass is 9.93. The molecule has 0 fully saturated rings. The van der Waals surface area contributed by atoms with Crippen molar-refractivity contribution in [1.29, 1.82) is 0 Å². The van der Waals surface area contributed by atoms with Gasteiger partial charge in [-0.15, -0.1) is 0 Å². The molecule has 3 aromatic rings. The summed E-state index contributed by atoms with van der Waals surface area (Å²) in [4.78, 5) is 11.1. The number of nitrogens with zero attached hydrogens (tertiary/aromatic N) is 1. The molecule has 24 heavy (non-hydrogen) atoms. The summed E-state index contributed by atoms with van der Waals surface area (Å²) in [6, 6.07) is 13.7. The molecule has 0 atom stereocenters. The molecule has 0 saturated heterocycles. The van der Waals surface area contributed by atoms with E-state index < -0.39 is 17.6 Å². The molecule has 0 unspecified atom stereocenters. The fourth-order valence-electron chi connectivity index (χ4n) is 2.52. The molecule has 0 bridgehead atoms. The number of hydrogen-bond donors (Lipinski definition) is 2. The third-order valence-corrected chi connectivity index (χ3v) is 3.55. The van der Waals surface area contributed by atoms with E-state index in [0.29, 0.717) is 5.56 Å². The van der Waals surface area contributed by atoms with E-state index >= 15 is 0 Å². The van der Waals surface area contributed by atoms with Crippen LogP contribution < -0.4 is 5.73 Å². The number of carbonyl (C=O) groups is 1. The van der Waals surface area contributed by atoms with Gasteiger partial charge in [0.05, 0.1) is 11.3 Å². The minimum atomic E-state index is -4.59. The van der Waals surface area contributed by atoms with Crippen molar-refractivity contribution in [2.75, 3.05) is 0 Å². The minimum absolute atomic E-state index is 0.00825. The maximum absolute atomic E-state index is 13.7. The van der Waals surface area contributed by atoms with Gasteiger partial charge in [-0.25, -0.2) is 0 Å². The van der Waals surface area contributed by atoms with Gasteiger partial charge < -0.3 is 5.73 Å². The number of nitrogens with one attached hydrogen (secondary N) is 1. The Morgan fingerprint density at radius 2 is 1.67 bits per heavy atom. The van der Waals surface area contributed by atoms with Crippen molar-refractivity contribution >= 4 is 5.91 Å². The van der Waals surface area contributed by atoms with E-state index in [2.05, 4.69) is 10.2 Å². The first-order valence-electron chi connectivity index (χ1n) is 6.99. The van der Waals surface area contributed by atoms with Crippen molar-refractivity contribution < 1.29 is 18.0 Å². The average molecular weight is 331 g/mol. The largest absolute Gasteiger partial charge is 0.417 e. The zero-order valence-corrected chi connectivity index (χ0v) is 12.3. The number of rotatable bonds is 3. The van der Waals surface area contributed by atoms with E-state index in [-0.39, 0.29) is 22.5 Å². The van der Waals surface area contributed by atoms with Crippen LogP contribution in [0.2, 0.25) is 0 Å². The molecule has 0 aliphatic rings. The van der Waals surface area contributed by atoms with E-state index in [0.717, 1.165) is 0 Å². The first kappa shape index (κ1) is 15.8. The quantitative estimate of drug-likeness (QED) is 0.765. The second-order valence-corrected chi connectivity index (χ2v) is 5.12. The van der Waals surface area contributed by atoms with Crippen LogP contribution in [-0.4, -0.2) is 16.1 Å². The van der Waals surface area contributed by atoms with Gasteiger partial charge in [0.1, 0.15) is 5.69 Å². The number of H-pyrrole nitrogens is 1. The zero-order valence-electron chi connectivity index (χ0n) is 12.3. The highest BCUT2D eigenvalue weighted by Gasteiger charge is 2.37. The molecule has 0 saturated carbocycles. The lowest BCUT2D eigenvalue weighted by molar-refractivity contribution is -0.136. The fraction of sp³-hybridized carbons (Fsp3) is 0.0588. The lowest BCUT2D eigenvalue weighted by Gasteiger charge is -2.16. The van der Waals surface area contributed by atoms with Crippen LogP contribution in [0.25, 0.3) is 22.4 Å². The molecule has 1 heterocycles. The number of amides is 1. The Bertz CT molecular complexity index is 886. The summed E-state index contributed by atoms with van der Waals surface area (Å²) in [5, 5.41) is 6.14. The lowest BCUT2D eigenvalue weighted by Crippen LogP contribution is -2.11. The molecule has 4 nitrogen and oxygen atoms in total. The molecule has 1 aromatic heterocycles. The van der Waals surface area contributed by atoms with Crippen molar-refractivity contribution in [1.82, 2.24) is 10.2 Å². The Balaban J connectivity index is 2.25. The summed E-state index contributed by atoms with van der Waals surface area (Å²) in [5.41, 5.74) is 4.64. The topological polar surface area (TPSA) is 71.8 Å². The third kappa shape index (κ3) is 2.88.